The molecule has 2 heterocycles. The maximum Gasteiger partial charge on any atom is 0.319 e. The second kappa shape index (κ2) is 7.70. The fourth-order valence-corrected chi connectivity index (χ4v) is 5.14. The molecule has 1 atom stereocenters. The van der Waals surface area contributed by atoms with Crippen LogP contribution in [0.4, 0.5) is 0 Å². The van der Waals surface area contributed by atoms with Gasteiger partial charge in [0.05, 0.1) is 12.0 Å². The Labute approximate surface area is 149 Å². The molecule has 0 aromatic carbocycles. The van der Waals surface area contributed by atoms with Gasteiger partial charge >= 0.3 is 5.97 Å². The summed E-state index contributed by atoms with van der Waals surface area (Å²) in [6, 6.07) is 0. The maximum absolute atomic E-state index is 12.5. The molecule has 3 rings (SSSR count). The van der Waals surface area contributed by atoms with Gasteiger partial charge in [-0.3, -0.25) is 9.59 Å². The second-order valence-corrected chi connectivity index (χ2v) is 8.22. The van der Waals surface area contributed by atoms with Gasteiger partial charge in [0.1, 0.15) is 10.1 Å². The molecule has 0 fully saturated rings. The molecule has 0 saturated carbocycles. The van der Waals surface area contributed by atoms with Crippen molar-refractivity contribution in [1.82, 2.24) is 9.97 Å². The second-order valence-electron chi connectivity index (χ2n) is 5.94. The van der Waals surface area contributed by atoms with Gasteiger partial charge in [0.15, 0.2) is 5.16 Å². The zero-order valence-corrected chi connectivity index (χ0v) is 15.6. The molecule has 1 aliphatic carbocycles. The number of hydrogen-bond acceptors (Lipinski definition) is 6. The first kappa shape index (κ1) is 17.5. The Morgan fingerprint density at radius 2 is 2.17 bits per heavy atom. The van der Waals surface area contributed by atoms with Crippen LogP contribution in [0.1, 0.15) is 50.0 Å². The SMILES string of the molecule is CCCOC(=O)C(CC)Sc1nc2sc3c(c2c(=O)[nH]1)CCCC3. The minimum Gasteiger partial charge on any atom is -0.465 e. The van der Waals surface area contributed by atoms with Crippen LogP contribution >= 0.6 is 23.1 Å². The number of thiophene rings is 1. The number of rotatable bonds is 6. The molecule has 1 aliphatic rings. The van der Waals surface area contributed by atoms with Gasteiger partial charge < -0.3 is 9.72 Å². The van der Waals surface area contributed by atoms with Crippen LogP contribution in [0, 0.1) is 0 Å². The maximum atomic E-state index is 12.5. The molecular formula is C17H22N2O3S2. The number of H-pyrrole nitrogens is 1. The van der Waals surface area contributed by atoms with Crippen molar-refractivity contribution in [2.24, 2.45) is 0 Å². The summed E-state index contributed by atoms with van der Waals surface area (Å²) in [5.41, 5.74) is 1.10. The molecule has 0 spiro atoms. The van der Waals surface area contributed by atoms with Crippen LogP contribution in [-0.4, -0.2) is 27.8 Å². The van der Waals surface area contributed by atoms with Crippen LogP contribution < -0.4 is 5.56 Å². The van der Waals surface area contributed by atoms with Crippen LogP contribution in [0.3, 0.4) is 0 Å². The number of nitrogens with zero attached hydrogens (tertiary/aromatic N) is 1. The number of aromatic nitrogens is 2. The minimum absolute atomic E-state index is 0.0846. The molecule has 5 nitrogen and oxygen atoms in total. The van der Waals surface area contributed by atoms with E-state index in [-0.39, 0.29) is 16.8 Å². The Bertz CT molecular complexity index is 797. The molecule has 0 amide bonds. The Morgan fingerprint density at radius 1 is 1.38 bits per heavy atom. The number of carbonyl (C=O) groups is 1. The lowest BCUT2D eigenvalue weighted by atomic mass is 9.97. The largest absolute Gasteiger partial charge is 0.465 e. The fourth-order valence-electron chi connectivity index (χ4n) is 2.93. The third-order valence-corrected chi connectivity index (χ3v) is 6.55. The highest BCUT2D eigenvalue weighted by molar-refractivity contribution is 8.00. The average Bonchev–Trinajstić information content (AvgIpc) is 2.96. The van der Waals surface area contributed by atoms with Gasteiger partial charge in [-0.15, -0.1) is 11.3 Å². The first-order chi connectivity index (χ1) is 11.6. The van der Waals surface area contributed by atoms with Gasteiger partial charge in [0.25, 0.3) is 5.56 Å². The lowest BCUT2D eigenvalue weighted by Crippen LogP contribution is -2.21. The molecule has 0 bridgehead atoms. The van der Waals surface area contributed by atoms with Crippen molar-refractivity contribution in [1.29, 1.82) is 0 Å². The average molecular weight is 367 g/mol. The van der Waals surface area contributed by atoms with E-state index in [4.69, 9.17) is 4.74 Å². The van der Waals surface area contributed by atoms with E-state index < -0.39 is 0 Å². The molecule has 2 aromatic heterocycles. The van der Waals surface area contributed by atoms with E-state index >= 15 is 0 Å². The van der Waals surface area contributed by atoms with Gasteiger partial charge in [-0.1, -0.05) is 25.6 Å². The summed E-state index contributed by atoms with van der Waals surface area (Å²) in [7, 11) is 0. The van der Waals surface area contributed by atoms with Crippen LogP contribution in [0.15, 0.2) is 9.95 Å². The lowest BCUT2D eigenvalue weighted by Gasteiger charge is -2.12. The summed E-state index contributed by atoms with van der Waals surface area (Å²) in [5.74, 6) is -0.238. The van der Waals surface area contributed by atoms with E-state index in [0.29, 0.717) is 18.2 Å². The number of aromatic amines is 1. The molecule has 2 aromatic rings. The number of ether oxygens (including phenoxy) is 1. The van der Waals surface area contributed by atoms with Crippen molar-refractivity contribution < 1.29 is 9.53 Å². The number of aryl methyl sites for hydroxylation is 2. The summed E-state index contributed by atoms with van der Waals surface area (Å²) in [6.45, 7) is 4.33. The number of carbonyl (C=O) groups excluding carboxylic acids is 1. The van der Waals surface area contributed by atoms with Crippen molar-refractivity contribution in [3.8, 4) is 0 Å². The highest BCUT2D eigenvalue weighted by Crippen LogP contribution is 2.34. The summed E-state index contributed by atoms with van der Waals surface area (Å²) >= 11 is 2.91. The van der Waals surface area contributed by atoms with Crippen LogP contribution in [-0.2, 0) is 22.4 Å². The van der Waals surface area contributed by atoms with Crippen LogP contribution in [0.25, 0.3) is 10.2 Å². The lowest BCUT2D eigenvalue weighted by molar-refractivity contribution is -0.143. The first-order valence-corrected chi connectivity index (χ1v) is 10.2. The summed E-state index contributed by atoms with van der Waals surface area (Å²) < 4.78 is 5.22. The Hall–Kier alpha value is -1.34. The monoisotopic (exact) mass is 366 g/mol. The number of esters is 1. The minimum atomic E-state index is -0.341. The number of thioether (sulfide) groups is 1. The molecular weight excluding hydrogens is 344 g/mol. The predicted octanol–water partition coefficient (Wildman–Crippen LogP) is 3.69. The highest BCUT2D eigenvalue weighted by atomic mass is 32.2. The van der Waals surface area contributed by atoms with Crippen LogP contribution in [0.5, 0.6) is 0 Å². The van der Waals surface area contributed by atoms with Crippen molar-refractivity contribution in [2.75, 3.05) is 6.61 Å². The number of hydrogen-bond donors (Lipinski definition) is 1. The van der Waals surface area contributed by atoms with Gasteiger partial charge in [-0.2, -0.15) is 0 Å². The van der Waals surface area contributed by atoms with Crippen molar-refractivity contribution >= 4 is 39.3 Å². The van der Waals surface area contributed by atoms with E-state index in [1.54, 1.807) is 11.3 Å². The smallest absolute Gasteiger partial charge is 0.319 e. The van der Waals surface area contributed by atoms with E-state index in [1.165, 1.54) is 28.6 Å². The van der Waals surface area contributed by atoms with Gasteiger partial charge in [-0.25, -0.2) is 4.98 Å². The van der Waals surface area contributed by atoms with Crippen LogP contribution in [0.2, 0.25) is 0 Å². The highest BCUT2D eigenvalue weighted by Gasteiger charge is 2.23. The molecule has 1 N–H and O–H groups in total. The topological polar surface area (TPSA) is 72.0 Å². The van der Waals surface area contributed by atoms with Crippen molar-refractivity contribution in [2.45, 2.75) is 62.8 Å². The zero-order chi connectivity index (χ0) is 17.1. The third-order valence-electron chi connectivity index (χ3n) is 4.14. The predicted molar refractivity (Wildman–Crippen MR) is 98.1 cm³/mol. The molecule has 0 radical (unpaired) electrons. The van der Waals surface area contributed by atoms with Gasteiger partial charge in [0.2, 0.25) is 0 Å². The number of fused-ring (bicyclic) bond motifs is 3. The summed E-state index contributed by atoms with van der Waals surface area (Å²) in [6.07, 6.45) is 5.76. The van der Waals surface area contributed by atoms with Crippen molar-refractivity contribution in [3.63, 3.8) is 0 Å². The van der Waals surface area contributed by atoms with E-state index in [0.717, 1.165) is 35.9 Å². The molecule has 130 valence electrons. The Kier molecular flexibility index (Phi) is 5.61. The Morgan fingerprint density at radius 3 is 2.92 bits per heavy atom. The quantitative estimate of drug-likeness (QED) is 0.480. The number of nitrogens with one attached hydrogen (secondary N) is 1. The molecule has 0 saturated heterocycles. The zero-order valence-electron chi connectivity index (χ0n) is 14.0. The molecule has 1 unspecified atom stereocenters. The molecule has 0 aliphatic heterocycles. The van der Waals surface area contributed by atoms with E-state index in [1.807, 2.05) is 13.8 Å². The fraction of sp³-hybridized carbons (Fsp3) is 0.588. The van der Waals surface area contributed by atoms with E-state index in [2.05, 4.69) is 9.97 Å². The van der Waals surface area contributed by atoms with E-state index in [9.17, 15) is 9.59 Å². The van der Waals surface area contributed by atoms with Gasteiger partial charge in [-0.05, 0) is 44.1 Å². The van der Waals surface area contributed by atoms with Gasteiger partial charge in [0, 0.05) is 4.88 Å². The third kappa shape index (κ3) is 3.52. The summed E-state index contributed by atoms with van der Waals surface area (Å²) in [4.78, 5) is 34.2. The Balaban J connectivity index is 1.87. The normalized spacial score (nSPS) is 15.2. The molecule has 24 heavy (non-hydrogen) atoms. The standard InChI is InChI=1S/C17H22N2O3S2/c1-3-9-22-16(21)11(4-2)24-17-18-14(20)13-10-7-5-6-8-12(10)23-15(13)19-17/h11H,3-9H2,1-2H3,(H,18,19,20). The first-order valence-electron chi connectivity index (χ1n) is 8.51. The summed E-state index contributed by atoms with van der Waals surface area (Å²) in [5, 5.41) is 0.916. The molecule has 7 heteroatoms. The van der Waals surface area contributed by atoms with Crippen molar-refractivity contribution in [3.05, 3.63) is 20.8 Å².